The number of aryl methyl sites for hydroxylation is 1. The molecule has 3 heteroatoms. The lowest BCUT2D eigenvalue weighted by Crippen LogP contribution is -2.18. The molecule has 0 saturated heterocycles. The number of halogens is 1. The van der Waals surface area contributed by atoms with Crippen molar-refractivity contribution >= 4 is 23.4 Å². The van der Waals surface area contributed by atoms with E-state index < -0.39 is 0 Å². The summed E-state index contributed by atoms with van der Waals surface area (Å²) in [7, 11) is 2.00. The molecule has 0 saturated carbocycles. The van der Waals surface area contributed by atoms with Crippen molar-refractivity contribution in [2.45, 2.75) is 26.3 Å². The van der Waals surface area contributed by atoms with Crippen molar-refractivity contribution in [2.75, 3.05) is 18.6 Å². The first-order valence-electron chi connectivity index (χ1n) is 5.70. The third-order valence-corrected chi connectivity index (χ3v) is 4.25. The summed E-state index contributed by atoms with van der Waals surface area (Å²) in [4.78, 5) is 0. The zero-order chi connectivity index (χ0) is 12.0. The van der Waals surface area contributed by atoms with E-state index in [1.54, 1.807) is 0 Å². The molecule has 0 aromatic heterocycles. The van der Waals surface area contributed by atoms with Gasteiger partial charge >= 0.3 is 0 Å². The first-order chi connectivity index (χ1) is 7.69. The average Bonchev–Trinajstić information content (AvgIpc) is 2.29. The number of nitrogens with one attached hydrogen (secondary N) is 1. The minimum atomic E-state index is 0.398. The minimum Gasteiger partial charge on any atom is -0.312 e. The Labute approximate surface area is 108 Å². The molecule has 1 N–H and O–H groups in total. The quantitative estimate of drug-likeness (QED) is 0.772. The molecule has 0 radical (unpaired) electrons. The number of hydrogen-bond donors (Lipinski definition) is 1. The van der Waals surface area contributed by atoms with Gasteiger partial charge in [0.2, 0.25) is 0 Å². The Morgan fingerprint density at radius 3 is 2.75 bits per heavy atom. The van der Waals surface area contributed by atoms with Crippen molar-refractivity contribution in [3.8, 4) is 0 Å². The van der Waals surface area contributed by atoms with E-state index in [9.17, 15) is 0 Å². The third-order valence-electron chi connectivity index (χ3n) is 2.58. The van der Waals surface area contributed by atoms with Crippen molar-refractivity contribution in [3.63, 3.8) is 0 Å². The highest BCUT2D eigenvalue weighted by molar-refractivity contribution is 7.99. The van der Waals surface area contributed by atoms with Crippen LogP contribution in [0.2, 0.25) is 5.02 Å². The molecule has 0 spiro atoms. The van der Waals surface area contributed by atoms with E-state index in [-0.39, 0.29) is 0 Å². The van der Waals surface area contributed by atoms with E-state index in [4.69, 9.17) is 11.6 Å². The smallest absolute Gasteiger partial charge is 0.0438 e. The normalized spacial score (nSPS) is 12.8. The van der Waals surface area contributed by atoms with Crippen LogP contribution in [0.15, 0.2) is 18.2 Å². The van der Waals surface area contributed by atoms with Crippen LogP contribution in [0.3, 0.4) is 0 Å². The van der Waals surface area contributed by atoms with Crippen LogP contribution in [0.1, 0.15) is 30.5 Å². The third kappa shape index (κ3) is 4.00. The van der Waals surface area contributed by atoms with E-state index in [0.717, 1.165) is 16.3 Å². The van der Waals surface area contributed by atoms with Crippen molar-refractivity contribution in [2.24, 2.45) is 0 Å². The van der Waals surface area contributed by atoms with Gasteiger partial charge in [0, 0.05) is 16.8 Å². The second-order valence-electron chi connectivity index (χ2n) is 3.92. The molecule has 1 aromatic rings. The van der Waals surface area contributed by atoms with Gasteiger partial charge in [-0.1, -0.05) is 30.7 Å². The van der Waals surface area contributed by atoms with Crippen LogP contribution >= 0.6 is 23.4 Å². The summed E-state index contributed by atoms with van der Waals surface area (Å²) in [6.45, 7) is 4.25. The summed E-state index contributed by atoms with van der Waals surface area (Å²) in [6, 6.07) is 6.72. The number of rotatable bonds is 6. The van der Waals surface area contributed by atoms with Gasteiger partial charge < -0.3 is 5.32 Å². The molecule has 0 amide bonds. The van der Waals surface area contributed by atoms with Crippen LogP contribution in [-0.2, 0) is 0 Å². The van der Waals surface area contributed by atoms with Crippen LogP contribution in [0.5, 0.6) is 0 Å². The van der Waals surface area contributed by atoms with E-state index in [0.29, 0.717) is 6.04 Å². The molecular formula is C13H20ClNS. The highest BCUT2D eigenvalue weighted by Crippen LogP contribution is 2.23. The van der Waals surface area contributed by atoms with Crippen molar-refractivity contribution in [1.82, 2.24) is 5.32 Å². The van der Waals surface area contributed by atoms with Crippen molar-refractivity contribution in [3.05, 3.63) is 34.3 Å². The van der Waals surface area contributed by atoms with Gasteiger partial charge in [-0.2, -0.15) is 11.8 Å². The SMILES string of the molecule is CCCSCC(NC)c1ccc(C)c(Cl)c1. The molecule has 0 aliphatic rings. The standard InChI is InChI=1S/C13H20ClNS/c1-4-7-16-9-13(15-3)11-6-5-10(2)12(14)8-11/h5-6,8,13,15H,4,7,9H2,1-3H3. The molecule has 0 heterocycles. The molecule has 1 rings (SSSR count). The van der Waals surface area contributed by atoms with Gasteiger partial charge in [-0.05, 0) is 43.3 Å². The van der Waals surface area contributed by atoms with Gasteiger partial charge in [0.25, 0.3) is 0 Å². The van der Waals surface area contributed by atoms with Gasteiger partial charge in [-0.3, -0.25) is 0 Å². The van der Waals surface area contributed by atoms with Crippen LogP contribution in [-0.4, -0.2) is 18.6 Å². The Hall–Kier alpha value is -0.180. The fourth-order valence-electron chi connectivity index (χ4n) is 1.52. The largest absolute Gasteiger partial charge is 0.312 e. The molecule has 0 aliphatic heterocycles. The van der Waals surface area contributed by atoms with Crippen molar-refractivity contribution in [1.29, 1.82) is 0 Å². The van der Waals surface area contributed by atoms with E-state index in [1.807, 2.05) is 25.7 Å². The zero-order valence-corrected chi connectivity index (χ0v) is 11.8. The molecule has 16 heavy (non-hydrogen) atoms. The summed E-state index contributed by atoms with van der Waals surface area (Å²) < 4.78 is 0. The van der Waals surface area contributed by atoms with Gasteiger partial charge in [-0.25, -0.2) is 0 Å². The fraction of sp³-hybridized carbons (Fsp3) is 0.538. The maximum absolute atomic E-state index is 6.14. The molecule has 90 valence electrons. The predicted octanol–water partition coefficient (Wildman–Crippen LogP) is 4.05. The molecule has 0 bridgehead atoms. The first kappa shape index (κ1) is 13.9. The highest BCUT2D eigenvalue weighted by atomic mass is 35.5. The van der Waals surface area contributed by atoms with Gasteiger partial charge in [0.1, 0.15) is 0 Å². The van der Waals surface area contributed by atoms with Gasteiger partial charge in [-0.15, -0.1) is 0 Å². The second-order valence-corrected chi connectivity index (χ2v) is 5.48. The lowest BCUT2D eigenvalue weighted by molar-refractivity contribution is 0.661. The average molecular weight is 258 g/mol. The summed E-state index contributed by atoms with van der Waals surface area (Å²) in [5, 5.41) is 4.20. The van der Waals surface area contributed by atoms with Crippen molar-refractivity contribution < 1.29 is 0 Å². The van der Waals surface area contributed by atoms with E-state index in [2.05, 4.69) is 30.4 Å². The first-order valence-corrected chi connectivity index (χ1v) is 7.23. The Morgan fingerprint density at radius 1 is 1.44 bits per heavy atom. The summed E-state index contributed by atoms with van der Waals surface area (Å²) in [6.07, 6.45) is 1.23. The van der Waals surface area contributed by atoms with Crippen LogP contribution in [0.25, 0.3) is 0 Å². The Morgan fingerprint density at radius 2 is 2.19 bits per heavy atom. The maximum Gasteiger partial charge on any atom is 0.0438 e. The van der Waals surface area contributed by atoms with Gasteiger partial charge in [0.05, 0.1) is 0 Å². The Bertz CT molecular complexity index is 328. The maximum atomic E-state index is 6.14. The Balaban J connectivity index is 2.67. The fourth-order valence-corrected chi connectivity index (χ4v) is 2.76. The second kappa shape index (κ2) is 7.21. The monoisotopic (exact) mass is 257 g/mol. The lowest BCUT2D eigenvalue weighted by atomic mass is 10.1. The molecular weight excluding hydrogens is 238 g/mol. The molecule has 0 aliphatic carbocycles. The van der Waals surface area contributed by atoms with Gasteiger partial charge in [0.15, 0.2) is 0 Å². The van der Waals surface area contributed by atoms with Crippen LogP contribution in [0, 0.1) is 6.92 Å². The summed E-state index contributed by atoms with van der Waals surface area (Å²) >= 11 is 8.13. The summed E-state index contributed by atoms with van der Waals surface area (Å²) in [5.74, 6) is 2.32. The predicted molar refractivity (Wildman–Crippen MR) is 75.6 cm³/mol. The zero-order valence-electron chi connectivity index (χ0n) is 10.2. The molecule has 0 fully saturated rings. The molecule has 1 atom stereocenters. The van der Waals surface area contributed by atoms with Crippen LogP contribution in [0.4, 0.5) is 0 Å². The number of hydrogen-bond acceptors (Lipinski definition) is 2. The van der Waals surface area contributed by atoms with E-state index >= 15 is 0 Å². The van der Waals surface area contributed by atoms with E-state index in [1.165, 1.54) is 17.7 Å². The number of thioether (sulfide) groups is 1. The molecule has 1 unspecified atom stereocenters. The Kier molecular flexibility index (Phi) is 6.25. The minimum absolute atomic E-state index is 0.398. The van der Waals surface area contributed by atoms with Crippen LogP contribution < -0.4 is 5.32 Å². The number of benzene rings is 1. The lowest BCUT2D eigenvalue weighted by Gasteiger charge is -2.17. The molecule has 1 aromatic carbocycles. The molecule has 1 nitrogen and oxygen atoms in total. The topological polar surface area (TPSA) is 12.0 Å². The highest BCUT2D eigenvalue weighted by Gasteiger charge is 2.09. The summed E-state index contributed by atoms with van der Waals surface area (Å²) in [5.41, 5.74) is 2.42.